The van der Waals surface area contributed by atoms with Crippen LogP contribution in [0.25, 0.3) is 16.6 Å². The second-order valence-corrected chi connectivity index (χ2v) is 7.83. The lowest BCUT2D eigenvalue weighted by Gasteiger charge is -2.31. The number of halogens is 1. The van der Waals surface area contributed by atoms with Crippen LogP contribution in [0.2, 0.25) is 0 Å². The summed E-state index contributed by atoms with van der Waals surface area (Å²) in [6.07, 6.45) is 8.20. The fourth-order valence-corrected chi connectivity index (χ4v) is 4.50. The molecule has 0 radical (unpaired) electrons. The maximum Gasteiger partial charge on any atom is 0.141 e. The Labute approximate surface area is 162 Å². The van der Waals surface area contributed by atoms with Gasteiger partial charge < -0.3 is 9.88 Å². The van der Waals surface area contributed by atoms with E-state index in [1.165, 1.54) is 12.1 Å². The molecule has 1 fully saturated rings. The van der Waals surface area contributed by atoms with E-state index in [0.29, 0.717) is 11.8 Å². The van der Waals surface area contributed by atoms with Crippen molar-refractivity contribution in [3.8, 4) is 0 Å². The summed E-state index contributed by atoms with van der Waals surface area (Å²) >= 11 is 0. The van der Waals surface area contributed by atoms with E-state index in [1.807, 2.05) is 24.4 Å². The molecule has 4 aromatic rings. The Morgan fingerprint density at radius 2 is 1.93 bits per heavy atom. The molecule has 6 nitrogen and oxygen atoms in total. The number of fused-ring (bicyclic) bond motifs is 3. The maximum atomic E-state index is 13.1. The minimum atomic E-state index is -0.190. The van der Waals surface area contributed by atoms with E-state index in [-0.39, 0.29) is 5.82 Å². The number of hydrogen-bond donors (Lipinski definition) is 1. The second-order valence-electron chi connectivity index (χ2n) is 7.83. The number of nitrogens with one attached hydrogen (secondary N) is 1. The molecule has 0 amide bonds. The topological polar surface area (TPSA) is 62.1 Å². The van der Waals surface area contributed by atoms with Crippen molar-refractivity contribution in [3.63, 3.8) is 0 Å². The van der Waals surface area contributed by atoms with Crippen LogP contribution in [0.4, 0.5) is 10.1 Å². The number of aromatic nitrogens is 5. The van der Waals surface area contributed by atoms with Crippen molar-refractivity contribution in [3.05, 3.63) is 54.4 Å². The number of nitrogens with zero attached hydrogens (tertiary/aromatic N) is 5. The van der Waals surface area contributed by atoms with E-state index >= 15 is 0 Å². The highest BCUT2D eigenvalue weighted by molar-refractivity contribution is 5.92. The Hall–Kier alpha value is -2.96. The molecule has 0 saturated heterocycles. The molecule has 1 aromatic carbocycles. The van der Waals surface area contributed by atoms with Gasteiger partial charge in [-0.25, -0.2) is 13.9 Å². The SMILES string of the molecule is CN(CC1CCC(c2nnn3cnc4[nH]ccc4c23)CC1)c1ccc(F)cc1. The Morgan fingerprint density at radius 3 is 2.71 bits per heavy atom. The molecule has 1 aliphatic rings. The number of aromatic amines is 1. The molecule has 1 N–H and O–H groups in total. The van der Waals surface area contributed by atoms with Gasteiger partial charge in [0.2, 0.25) is 0 Å². The summed E-state index contributed by atoms with van der Waals surface area (Å²) in [5, 5.41) is 9.88. The lowest BCUT2D eigenvalue weighted by atomic mass is 9.80. The first-order valence-corrected chi connectivity index (χ1v) is 9.83. The molecule has 28 heavy (non-hydrogen) atoms. The van der Waals surface area contributed by atoms with Crippen LogP contribution in [0.5, 0.6) is 0 Å². The normalized spacial score (nSPS) is 20.1. The van der Waals surface area contributed by atoms with Gasteiger partial charge in [-0.1, -0.05) is 5.21 Å². The molecule has 3 heterocycles. The summed E-state index contributed by atoms with van der Waals surface area (Å²) in [6, 6.07) is 8.79. The summed E-state index contributed by atoms with van der Waals surface area (Å²) in [5.41, 5.74) is 4.12. The van der Waals surface area contributed by atoms with Crippen LogP contribution in [-0.2, 0) is 0 Å². The third kappa shape index (κ3) is 3.00. The Kier molecular flexibility index (Phi) is 4.22. The monoisotopic (exact) mass is 378 g/mol. The van der Waals surface area contributed by atoms with Crippen molar-refractivity contribution >= 4 is 22.2 Å². The summed E-state index contributed by atoms with van der Waals surface area (Å²) in [7, 11) is 2.09. The molecule has 3 aromatic heterocycles. The van der Waals surface area contributed by atoms with E-state index in [9.17, 15) is 4.39 Å². The van der Waals surface area contributed by atoms with E-state index in [1.54, 1.807) is 10.8 Å². The summed E-state index contributed by atoms with van der Waals surface area (Å²) in [5.74, 6) is 0.887. The quantitative estimate of drug-likeness (QED) is 0.579. The molecule has 7 heteroatoms. The van der Waals surface area contributed by atoms with Gasteiger partial charge in [0.25, 0.3) is 0 Å². The lowest BCUT2D eigenvalue weighted by Crippen LogP contribution is -2.28. The highest BCUT2D eigenvalue weighted by Crippen LogP contribution is 2.38. The van der Waals surface area contributed by atoms with Crippen LogP contribution < -0.4 is 4.90 Å². The van der Waals surface area contributed by atoms with Crippen molar-refractivity contribution in [1.29, 1.82) is 0 Å². The number of anilines is 1. The minimum absolute atomic E-state index is 0.190. The largest absolute Gasteiger partial charge is 0.374 e. The number of H-pyrrole nitrogens is 1. The minimum Gasteiger partial charge on any atom is -0.374 e. The number of rotatable bonds is 4. The van der Waals surface area contributed by atoms with Crippen LogP contribution in [0.1, 0.15) is 37.3 Å². The standard InChI is InChI=1S/C21H23FN6/c1-27(17-8-6-16(22)7-9-17)12-14-2-4-15(5-3-14)19-20-18-10-11-23-21(18)24-13-28(20)26-25-19/h6-11,13-15,23H,2-5,12H2,1H3. The fourth-order valence-electron chi connectivity index (χ4n) is 4.50. The molecule has 0 spiro atoms. The maximum absolute atomic E-state index is 13.1. The Balaban J connectivity index is 1.29. The van der Waals surface area contributed by atoms with Gasteiger partial charge in [-0.15, -0.1) is 5.10 Å². The molecule has 0 bridgehead atoms. The first-order chi connectivity index (χ1) is 13.7. The van der Waals surface area contributed by atoms with Crippen LogP contribution in [0.3, 0.4) is 0 Å². The van der Waals surface area contributed by atoms with Crippen LogP contribution in [-0.4, -0.2) is 38.4 Å². The molecule has 1 aliphatic carbocycles. The van der Waals surface area contributed by atoms with Gasteiger partial charge in [-0.2, -0.15) is 0 Å². The molecule has 0 unspecified atom stereocenters. The van der Waals surface area contributed by atoms with E-state index in [2.05, 4.69) is 32.2 Å². The number of benzene rings is 1. The summed E-state index contributed by atoms with van der Waals surface area (Å²) in [6.45, 7) is 0.993. The smallest absolute Gasteiger partial charge is 0.141 e. The predicted octanol–water partition coefficient (Wildman–Crippen LogP) is 4.15. The second kappa shape index (κ2) is 6.89. The first kappa shape index (κ1) is 17.2. The molecule has 0 atom stereocenters. The third-order valence-electron chi connectivity index (χ3n) is 6.03. The molecule has 5 rings (SSSR count). The zero-order chi connectivity index (χ0) is 19.1. The van der Waals surface area contributed by atoms with Crippen LogP contribution in [0, 0.1) is 11.7 Å². The Bertz CT molecular complexity index is 1090. The molecule has 1 saturated carbocycles. The van der Waals surface area contributed by atoms with Gasteiger partial charge in [0, 0.05) is 36.8 Å². The molecule has 144 valence electrons. The van der Waals surface area contributed by atoms with Crippen molar-refractivity contribution < 1.29 is 4.39 Å². The zero-order valence-corrected chi connectivity index (χ0v) is 15.8. The van der Waals surface area contributed by atoms with Crippen molar-refractivity contribution in [2.24, 2.45) is 5.92 Å². The van der Waals surface area contributed by atoms with E-state index in [4.69, 9.17) is 0 Å². The highest BCUT2D eigenvalue weighted by Gasteiger charge is 2.27. The third-order valence-corrected chi connectivity index (χ3v) is 6.03. The van der Waals surface area contributed by atoms with Gasteiger partial charge in [0.15, 0.2) is 0 Å². The predicted molar refractivity (Wildman–Crippen MR) is 107 cm³/mol. The van der Waals surface area contributed by atoms with Crippen molar-refractivity contribution in [1.82, 2.24) is 24.8 Å². The summed E-state index contributed by atoms with van der Waals surface area (Å²) < 4.78 is 14.9. The number of hydrogen-bond acceptors (Lipinski definition) is 4. The van der Waals surface area contributed by atoms with E-state index in [0.717, 1.165) is 60.2 Å². The van der Waals surface area contributed by atoms with Crippen molar-refractivity contribution in [2.45, 2.75) is 31.6 Å². The fraction of sp³-hybridized carbons (Fsp3) is 0.381. The highest BCUT2D eigenvalue weighted by atomic mass is 19.1. The van der Waals surface area contributed by atoms with Gasteiger partial charge in [0.1, 0.15) is 23.3 Å². The van der Waals surface area contributed by atoms with E-state index < -0.39 is 0 Å². The van der Waals surface area contributed by atoms with Crippen molar-refractivity contribution in [2.75, 3.05) is 18.5 Å². The summed E-state index contributed by atoms with van der Waals surface area (Å²) in [4.78, 5) is 9.78. The average Bonchev–Trinajstić information content (AvgIpc) is 3.35. The van der Waals surface area contributed by atoms with Gasteiger partial charge in [-0.05, 0) is 61.9 Å². The lowest BCUT2D eigenvalue weighted by molar-refractivity contribution is 0.327. The first-order valence-electron chi connectivity index (χ1n) is 9.83. The van der Waals surface area contributed by atoms with Gasteiger partial charge in [-0.3, -0.25) is 0 Å². The molecular formula is C21H23FN6. The van der Waals surface area contributed by atoms with Crippen LogP contribution >= 0.6 is 0 Å². The Morgan fingerprint density at radius 1 is 1.14 bits per heavy atom. The van der Waals surface area contributed by atoms with Gasteiger partial charge in [0.05, 0.1) is 5.69 Å². The van der Waals surface area contributed by atoms with Gasteiger partial charge >= 0.3 is 0 Å². The molecular weight excluding hydrogens is 355 g/mol. The van der Waals surface area contributed by atoms with Crippen LogP contribution in [0.15, 0.2) is 42.9 Å². The molecule has 0 aliphatic heterocycles. The average molecular weight is 378 g/mol. The zero-order valence-electron chi connectivity index (χ0n) is 15.8.